The first kappa shape index (κ1) is 19.2. The van der Waals surface area contributed by atoms with Crippen molar-refractivity contribution in [1.29, 1.82) is 0 Å². The van der Waals surface area contributed by atoms with Crippen LogP contribution in [0.5, 0.6) is 0 Å². The van der Waals surface area contributed by atoms with Gasteiger partial charge in [-0.1, -0.05) is 12.1 Å². The summed E-state index contributed by atoms with van der Waals surface area (Å²) < 4.78 is 12.8. The third kappa shape index (κ3) is 3.47. The molecule has 1 aliphatic carbocycles. The van der Waals surface area contributed by atoms with E-state index in [4.69, 9.17) is 10.1 Å². The van der Waals surface area contributed by atoms with Gasteiger partial charge in [-0.15, -0.1) is 0 Å². The SMILES string of the molecule is C[C@@H](CCO)Nc1ncc2c(n1)-c1c([nH]c3c(P(C)(C)=O)cccc13)CCC2. The Bertz CT molecular complexity index is 1070. The number of anilines is 1. The molecule has 3 aromatic rings. The summed E-state index contributed by atoms with van der Waals surface area (Å²) in [6, 6.07) is 6.12. The van der Waals surface area contributed by atoms with Crippen LogP contribution >= 0.6 is 7.14 Å². The van der Waals surface area contributed by atoms with E-state index in [9.17, 15) is 4.57 Å². The summed E-state index contributed by atoms with van der Waals surface area (Å²) in [4.78, 5) is 12.9. The summed E-state index contributed by atoms with van der Waals surface area (Å²) in [5.41, 5.74) is 5.32. The lowest BCUT2D eigenvalue weighted by atomic mass is 10.0. The van der Waals surface area contributed by atoms with Crippen LogP contribution in [0.25, 0.3) is 22.2 Å². The average molecular weight is 398 g/mol. The number of H-pyrrole nitrogens is 1. The second kappa shape index (κ2) is 7.34. The maximum atomic E-state index is 12.8. The minimum absolute atomic E-state index is 0.0916. The number of fused-ring (bicyclic) bond motifs is 5. The summed E-state index contributed by atoms with van der Waals surface area (Å²) in [5.74, 6) is 0.578. The number of aromatic amines is 1. The molecule has 3 N–H and O–H groups in total. The molecule has 0 unspecified atom stereocenters. The van der Waals surface area contributed by atoms with Gasteiger partial charge in [0.25, 0.3) is 0 Å². The Labute approximate surface area is 165 Å². The normalized spacial score (nSPS) is 15.0. The van der Waals surface area contributed by atoms with Crippen LogP contribution in [0.3, 0.4) is 0 Å². The van der Waals surface area contributed by atoms with Gasteiger partial charge < -0.3 is 20.0 Å². The maximum Gasteiger partial charge on any atom is 0.223 e. The van der Waals surface area contributed by atoms with E-state index in [1.54, 1.807) is 0 Å². The molecule has 0 saturated heterocycles. The first-order valence-corrected chi connectivity index (χ1v) is 12.4. The predicted octanol–water partition coefficient (Wildman–Crippen LogP) is 3.54. The molecular formula is C21H27N4O2P. The van der Waals surface area contributed by atoms with Crippen molar-refractivity contribution in [3.05, 3.63) is 35.7 Å². The zero-order chi connectivity index (χ0) is 19.9. The Hall–Kier alpha value is -2.17. The Morgan fingerprint density at radius 2 is 2.14 bits per heavy atom. The van der Waals surface area contributed by atoms with E-state index >= 15 is 0 Å². The lowest BCUT2D eigenvalue weighted by molar-refractivity contribution is 0.282. The van der Waals surface area contributed by atoms with Gasteiger partial charge in [0.15, 0.2) is 0 Å². The van der Waals surface area contributed by atoms with E-state index in [0.29, 0.717) is 12.4 Å². The molecule has 1 atom stereocenters. The number of aryl methyl sites for hydroxylation is 2. The minimum atomic E-state index is -2.40. The topological polar surface area (TPSA) is 90.9 Å². The summed E-state index contributed by atoms with van der Waals surface area (Å²) in [5, 5.41) is 14.4. The molecule has 0 fully saturated rings. The Balaban J connectivity index is 1.89. The van der Waals surface area contributed by atoms with E-state index in [-0.39, 0.29) is 12.6 Å². The van der Waals surface area contributed by atoms with Gasteiger partial charge in [0, 0.05) is 40.8 Å². The summed E-state index contributed by atoms with van der Waals surface area (Å²) in [6.45, 7) is 5.76. The quantitative estimate of drug-likeness (QED) is 0.572. The van der Waals surface area contributed by atoms with Crippen LogP contribution in [0.1, 0.15) is 31.0 Å². The number of rotatable bonds is 5. The highest BCUT2D eigenvalue weighted by molar-refractivity contribution is 7.70. The van der Waals surface area contributed by atoms with Crippen molar-refractivity contribution in [2.75, 3.05) is 25.3 Å². The van der Waals surface area contributed by atoms with Crippen LogP contribution in [-0.4, -0.2) is 46.0 Å². The molecule has 2 heterocycles. The van der Waals surface area contributed by atoms with Gasteiger partial charge in [-0.05, 0) is 57.6 Å². The first-order chi connectivity index (χ1) is 13.4. The molecular weight excluding hydrogens is 371 g/mol. The number of hydrogen-bond acceptors (Lipinski definition) is 5. The van der Waals surface area contributed by atoms with E-state index < -0.39 is 7.14 Å². The number of para-hydroxylation sites is 1. The van der Waals surface area contributed by atoms with Crippen LogP contribution in [0, 0.1) is 0 Å². The molecule has 28 heavy (non-hydrogen) atoms. The van der Waals surface area contributed by atoms with Crippen LogP contribution < -0.4 is 10.6 Å². The van der Waals surface area contributed by atoms with Crippen molar-refractivity contribution < 1.29 is 9.67 Å². The number of hydrogen-bond donors (Lipinski definition) is 3. The molecule has 148 valence electrons. The van der Waals surface area contributed by atoms with Gasteiger partial charge in [-0.2, -0.15) is 0 Å². The standard InChI is InChI=1S/C21H27N4O2P/c1-13(10-11-26)23-21-22-12-14-6-4-8-16-18(19(14)25-21)15-7-5-9-17(20(15)24-16)28(2,3)27/h5,7,9,12-13,24,26H,4,6,8,10-11H2,1-3H3,(H,22,23,25)/t13-/m0/s1. The molecule has 0 amide bonds. The first-order valence-electron chi connectivity index (χ1n) is 9.81. The van der Waals surface area contributed by atoms with E-state index in [1.165, 1.54) is 0 Å². The van der Waals surface area contributed by atoms with Crippen molar-refractivity contribution in [3.63, 3.8) is 0 Å². The van der Waals surface area contributed by atoms with Crippen molar-refractivity contribution >= 4 is 29.3 Å². The Morgan fingerprint density at radius 3 is 2.89 bits per heavy atom. The van der Waals surface area contributed by atoms with Crippen LogP contribution in [0.4, 0.5) is 5.95 Å². The van der Waals surface area contributed by atoms with Crippen LogP contribution in [0.2, 0.25) is 0 Å². The fraction of sp³-hybridized carbons (Fsp3) is 0.429. The molecule has 0 saturated carbocycles. The number of aromatic nitrogens is 3. The Kier molecular flexibility index (Phi) is 5.02. The van der Waals surface area contributed by atoms with Crippen molar-refractivity contribution in [2.24, 2.45) is 0 Å². The zero-order valence-corrected chi connectivity index (χ0v) is 17.5. The monoisotopic (exact) mass is 398 g/mol. The summed E-state index contributed by atoms with van der Waals surface area (Å²) >= 11 is 0. The molecule has 1 aromatic carbocycles. The van der Waals surface area contributed by atoms with Gasteiger partial charge in [-0.3, -0.25) is 0 Å². The second-order valence-electron chi connectivity index (χ2n) is 8.01. The number of aliphatic hydroxyl groups is 1. The zero-order valence-electron chi connectivity index (χ0n) is 16.6. The molecule has 2 aromatic heterocycles. The molecule has 4 rings (SSSR count). The lowest BCUT2D eigenvalue weighted by Crippen LogP contribution is -2.18. The highest BCUT2D eigenvalue weighted by Crippen LogP contribution is 2.42. The number of aliphatic hydroxyl groups excluding tert-OH is 1. The van der Waals surface area contributed by atoms with Gasteiger partial charge >= 0.3 is 0 Å². The number of nitrogens with zero attached hydrogens (tertiary/aromatic N) is 2. The maximum absolute atomic E-state index is 12.8. The minimum Gasteiger partial charge on any atom is -0.396 e. The number of nitrogens with one attached hydrogen (secondary N) is 2. The van der Waals surface area contributed by atoms with Gasteiger partial charge in [0.1, 0.15) is 7.14 Å². The van der Waals surface area contributed by atoms with Gasteiger partial charge in [0.05, 0.1) is 11.2 Å². The molecule has 1 aliphatic rings. The largest absolute Gasteiger partial charge is 0.396 e. The third-order valence-electron chi connectivity index (χ3n) is 5.38. The second-order valence-corrected chi connectivity index (χ2v) is 11.2. The molecule has 0 spiro atoms. The van der Waals surface area contributed by atoms with Crippen molar-refractivity contribution in [1.82, 2.24) is 15.0 Å². The lowest BCUT2D eigenvalue weighted by Gasteiger charge is -2.14. The fourth-order valence-corrected chi connectivity index (χ4v) is 5.14. The highest BCUT2D eigenvalue weighted by Gasteiger charge is 2.25. The van der Waals surface area contributed by atoms with Crippen molar-refractivity contribution in [3.8, 4) is 11.3 Å². The highest BCUT2D eigenvalue weighted by atomic mass is 31.2. The molecule has 0 aliphatic heterocycles. The smallest absolute Gasteiger partial charge is 0.223 e. The summed E-state index contributed by atoms with van der Waals surface area (Å²) in [7, 11) is -2.40. The summed E-state index contributed by atoms with van der Waals surface area (Å²) in [6.07, 6.45) is 5.45. The molecule has 0 radical (unpaired) electrons. The Morgan fingerprint density at radius 1 is 1.32 bits per heavy atom. The third-order valence-corrected chi connectivity index (χ3v) is 6.91. The van der Waals surface area contributed by atoms with E-state index in [2.05, 4.69) is 21.4 Å². The number of benzene rings is 1. The van der Waals surface area contributed by atoms with Gasteiger partial charge in [-0.25, -0.2) is 9.97 Å². The predicted molar refractivity (Wildman–Crippen MR) is 115 cm³/mol. The fourth-order valence-electron chi connectivity index (χ4n) is 3.98. The van der Waals surface area contributed by atoms with E-state index in [1.807, 2.05) is 38.6 Å². The van der Waals surface area contributed by atoms with E-state index in [0.717, 1.165) is 58.0 Å². The average Bonchev–Trinajstić information content (AvgIpc) is 2.90. The van der Waals surface area contributed by atoms with Crippen molar-refractivity contribution in [2.45, 2.75) is 38.6 Å². The molecule has 0 bridgehead atoms. The van der Waals surface area contributed by atoms with Crippen LogP contribution in [-0.2, 0) is 17.4 Å². The molecule has 6 nitrogen and oxygen atoms in total. The molecule has 7 heteroatoms. The van der Waals surface area contributed by atoms with Gasteiger partial charge in [0.2, 0.25) is 5.95 Å². The van der Waals surface area contributed by atoms with Crippen LogP contribution in [0.15, 0.2) is 24.4 Å².